The predicted molar refractivity (Wildman–Crippen MR) is 70.0 cm³/mol. The molecule has 0 aliphatic heterocycles. The maximum Gasteiger partial charge on any atom is 0.166 e. The van der Waals surface area contributed by atoms with Crippen LogP contribution in [-0.4, -0.2) is 41.1 Å². The number of rotatable bonds is 4. The highest BCUT2D eigenvalue weighted by molar-refractivity contribution is 5.99. The number of Topliss-reactive ketones (excluding diaryl/α,β-unsaturated/α-hetero) is 1. The van der Waals surface area contributed by atoms with E-state index < -0.39 is 0 Å². The Morgan fingerprint density at radius 3 is 2.78 bits per heavy atom. The van der Waals surface area contributed by atoms with Crippen LogP contribution in [0.4, 0.5) is 0 Å². The lowest BCUT2D eigenvalue weighted by molar-refractivity contribution is 0.0971. The molecule has 0 atom stereocenters. The topological polar surface area (TPSA) is 38.1 Å². The number of fused-ring (bicyclic) bond motifs is 1. The van der Waals surface area contributed by atoms with Gasteiger partial charge < -0.3 is 4.90 Å². The van der Waals surface area contributed by atoms with Gasteiger partial charge >= 0.3 is 0 Å². The van der Waals surface area contributed by atoms with Gasteiger partial charge in [-0.3, -0.25) is 9.48 Å². The van der Waals surface area contributed by atoms with E-state index in [2.05, 4.69) is 23.7 Å². The summed E-state index contributed by atoms with van der Waals surface area (Å²) < 4.78 is 2.10. The van der Waals surface area contributed by atoms with E-state index in [1.807, 2.05) is 0 Å². The molecule has 4 heteroatoms. The van der Waals surface area contributed by atoms with Crippen LogP contribution in [0, 0.1) is 0 Å². The van der Waals surface area contributed by atoms with Gasteiger partial charge in [0.05, 0.1) is 17.8 Å². The fraction of sp³-hybridized carbons (Fsp3) is 0.714. The SMILES string of the molecule is CN(C)CCn1nc(C2CC2)c2c1CCCC2=O. The maximum absolute atomic E-state index is 12.1. The Bertz CT molecular complexity index is 472. The summed E-state index contributed by atoms with van der Waals surface area (Å²) >= 11 is 0. The van der Waals surface area contributed by atoms with E-state index in [9.17, 15) is 4.79 Å². The number of nitrogens with zero attached hydrogens (tertiary/aromatic N) is 3. The fourth-order valence-corrected chi connectivity index (χ4v) is 2.74. The molecule has 98 valence electrons. The average Bonchev–Trinajstić information content (AvgIpc) is 3.09. The highest BCUT2D eigenvalue weighted by Crippen LogP contribution is 2.43. The number of carbonyl (C=O) groups excluding carboxylic acids is 1. The summed E-state index contributed by atoms with van der Waals surface area (Å²) in [5.41, 5.74) is 3.30. The highest BCUT2D eigenvalue weighted by atomic mass is 16.1. The number of carbonyl (C=O) groups is 1. The second-order valence-corrected chi connectivity index (χ2v) is 5.78. The van der Waals surface area contributed by atoms with Gasteiger partial charge in [-0.2, -0.15) is 5.10 Å². The third-order valence-electron chi connectivity index (χ3n) is 3.90. The Kier molecular flexibility index (Phi) is 2.98. The van der Waals surface area contributed by atoms with Gasteiger partial charge in [0.15, 0.2) is 5.78 Å². The van der Waals surface area contributed by atoms with Gasteiger partial charge in [-0.05, 0) is 39.8 Å². The Balaban J connectivity index is 1.94. The minimum atomic E-state index is 0.328. The molecule has 2 aliphatic rings. The minimum absolute atomic E-state index is 0.328. The van der Waals surface area contributed by atoms with E-state index in [0.717, 1.165) is 37.2 Å². The lowest BCUT2D eigenvalue weighted by Crippen LogP contribution is -2.21. The van der Waals surface area contributed by atoms with E-state index in [-0.39, 0.29) is 0 Å². The lowest BCUT2D eigenvalue weighted by atomic mass is 9.93. The Morgan fingerprint density at radius 1 is 1.33 bits per heavy atom. The van der Waals surface area contributed by atoms with Crippen LogP contribution in [0.1, 0.15) is 53.3 Å². The summed E-state index contributed by atoms with van der Waals surface area (Å²) in [7, 11) is 4.14. The summed E-state index contributed by atoms with van der Waals surface area (Å²) in [4.78, 5) is 14.3. The summed E-state index contributed by atoms with van der Waals surface area (Å²) in [6, 6.07) is 0. The average molecular weight is 247 g/mol. The van der Waals surface area contributed by atoms with Gasteiger partial charge in [-0.15, -0.1) is 0 Å². The first kappa shape index (κ1) is 11.9. The zero-order valence-electron chi connectivity index (χ0n) is 11.3. The highest BCUT2D eigenvalue weighted by Gasteiger charge is 2.35. The monoisotopic (exact) mass is 247 g/mol. The maximum atomic E-state index is 12.1. The van der Waals surface area contributed by atoms with Crippen LogP contribution >= 0.6 is 0 Å². The Labute approximate surface area is 108 Å². The van der Waals surface area contributed by atoms with Crippen LogP contribution in [0.5, 0.6) is 0 Å². The molecule has 0 bridgehead atoms. The number of hydrogen-bond acceptors (Lipinski definition) is 3. The van der Waals surface area contributed by atoms with Crippen LogP contribution in [-0.2, 0) is 13.0 Å². The number of likely N-dealkylation sites (N-methyl/N-ethyl adjacent to an activating group) is 1. The molecular formula is C14H21N3O. The van der Waals surface area contributed by atoms with Crippen molar-refractivity contribution >= 4 is 5.78 Å². The van der Waals surface area contributed by atoms with Gasteiger partial charge in [0.2, 0.25) is 0 Å². The van der Waals surface area contributed by atoms with Crippen LogP contribution in [0.15, 0.2) is 0 Å². The van der Waals surface area contributed by atoms with Crippen LogP contribution in [0.3, 0.4) is 0 Å². The van der Waals surface area contributed by atoms with Crippen molar-refractivity contribution in [3.8, 4) is 0 Å². The zero-order valence-corrected chi connectivity index (χ0v) is 11.3. The van der Waals surface area contributed by atoms with Gasteiger partial charge in [0.25, 0.3) is 0 Å². The van der Waals surface area contributed by atoms with Gasteiger partial charge in [0.1, 0.15) is 0 Å². The number of ketones is 1. The van der Waals surface area contributed by atoms with E-state index in [4.69, 9.17) is 5.10 Å². The van der Waals surface area contributed by atoms with Crippen molar-refractivity contribution < 1.29 is 4.79 Å². The largest absolute Gasteiger partial charge is 0.308 e. The van der Waals surface area contributed by atoms with Crippen molar-refractivity contribution in [2.24, 2.45) is 0 Å². The molecular weight excluding hydrogens is 226 g/mol. The standard InChI is InChI=1S/C14H21N3O/c1-16(2)8-9-17-11-4-3-5-12(18)13(11)14(15-17)10-6-7-10/h10H,3-9H2,1-2H3. The molecule has 0 radical (unpaired) electrons. The van der Waals surface area contributed by atoms with E-state index in [1.54, 1.807) is 0 Å². The van der Waals surface area contributed by atoms with Crippen molar-refractivity contribution in [2.45, 2.75) is 44.6 Å². The third-order valence-corrected chi connectivity index (χ3v) is 3.90. The molecule has 1 aromatic rings. The molecule has 0 N–H and O–H groups in total. The van der Waals surface area contributed by atoms with Crippen molar-refractivity contribution in [3.63, 3.8) is 0 Å². The summed E-state index contributed by atoms with van der Waals surface area (Å²) in [5.74, 6) is 0.899. The fourth-order valence-electron chi connectivity index (χ4n) is 2.74. The molecule has 1 heterocycles. The van der Waals surface area contributed by atoms with E-state index in [1.165, 1.54) is 18.5 Å². The summed E-state index contributed by atoms with van der Waals surface area (Å²) in [6.45, 7) is 1.88. The quantitative estimate of drug-likeness (QED) is 0.815. The van der Waals surface area contributed by atoms with Gasteiger partial charge in [-0.1, -0.05) is 0 Å². The zero-order chi connectivity index (χ0) is 12.7. The van der Waals surface area contributed by atoms with Crippen molar-refractivity contribution in [2.75, 3.05) is 20.6 Å². The first-order chi connectivity index (χ1) is 8.66. The third kappa shape index (κ3) is 2.09. The lowest BCUT2D eigenvalue weighted by Gasteiger charge is -2.15. The molecule has 0 spiro atoms. The summed E-state index contributed by atoms with van der Waals surface area (Å²) in [6.07, 6.45) is 5.15. The predicted octanol–water partition coefficient (Wildman–Crippen LogP) is 1.84. The van der Waals surface area contributed by atoms with Gasteiger partial charge in [0, 0.05) is 24.6 Å². The Morgan fingerprint density at radius 2 is 2.11 bits per heavy atom. The summed E-state index contributed by atoms with van der Waals surface area (Å²) in [5, 5.41) is 4.75. The molecule has 1 aromatic heterocycles. The molecule has 0 saturated heterocycles. The molecule has 2 aliphatic carbocycles. The number of hydrogen-bond donors (Lipinski definition) is 0. The van der Waals surface area contributed by atoms with Gasteiger partial charge in [-0.25, -0.2) is 0 Å². The van der Waals surface area contributed by atoms with Crippen molar-refractivity contribution in [1.82, 2.24) is 14.7 Å². The molecule has 0 amide bonds. The minimum Gasteiger partial charge on any atom is -0.308 e. The second kappa shape index (κ2) is 4.50. The number of aromatic nitrogens is 2. The molecule has 0 unspecified atom stereocenters. The Hall–Kier alpha value is -1.16. The normalized spacial score (nSPS) is 19.4. The molecule has 3 rings (SSSR count). The molecule has 0 aromatic carbocycles. The van der Waals surface area contributed by atoms with Crippen LogP contribution in [0.2, 0.25) is 0 Å². The second-order valence-electron chi connectivity index (χ2n) is 5.78. The van der Waals surface area contributed by atoms with Crippen molar-refractivity contribution in [1.29, 1.82) is 0 Å². The first-order valence-electron chi connectivity index (χ1n) is 6.94. The van der Waals surface area contributed by atoms with E-state index >= 15 is 0 Å². The molecule has 4 nitrogen and oxygen atoms in total. The smallest absolute Gasteiger partial charge is 0.166 e. The van der Waals surface area contributed by atoms with Crippen molar-refractivity contribution in [3.05, 3.63) is 17.0 Å². The first-order valence-corrected chi connectivity index (χ1v) is 6.94. The van der Waals surface area contributed by atoms with Crippen LogP contribution in [0.25, 0.3) is 0 Å². The van der Waals surface area contributed by atoms with E-state index in [0.29, 0.717) is 18.1 Å². The molecule has 1 fully saturated rings. The molecule has 1 saturated carbocycles. The van der Waals surface area contributed by atoms with Crippen LogP contribution < -0.4 is 0 Å². The molecule has 18 heavy (non-hydrogen) atoms.